The average molecular weight is 323 g/mol. The average Bonchev–Trinajstić information content (AvgIpc) is 2.59. The van der Waals surface area contributed by atoms with Gasteiger partial charge in [-0.15, -0.1) is 0 Å². The van der Waals surface area contributed by atoms with Crippen molar-refractivity contribution in [1.82, 2.24) is 9.80 Å². The zero-order valence-electron chi connectivity index (χ0n) is 14.4. The highest BCUT2D eigenvalue weighted by atomic mass is 16.1. The van der Waals surface area contributed by atoms with Crippen LogP contribution in [0.3, 0.4) is 0 Å². The monoisotopic (exact) mass is 323 g/mol. The first-order valence-electron chi connectivity index (χ1n) is 8.46. The first-order valence-corrected chi connectivity index (χ1v) is 8.46. The lowest BCUT2D eigenvalue weighted by Crippen LogP contribution is -2.46. The number of piperazine rings is 1. The van der Waals surface area contributed by atoms with Crippen LogP contribution in [-0.4, -0.2) is 42.4 Å². The molecule has 3 rings (SSSR count). The molecule has 0 aromatic heterocycles. The van der Waals surface area contributed by atoms with Crippen LogP contribution in [-0.2, 0) is 11.3 Å². The van der Waals surface area contributed by atoms with Gasteiger partial charge in [-0.3, -0.25) is 14.6 Å². The molecule has 0 spiro atoms. The zero-order valence-corrected chi connectivity index (χ0v) is 14.4. The smallest absolute Gasteiger partial charge is 0.221 e. The van der Waals surface area contributed by atoms with E-state index >= 15 is 0 Å². The van der Waals surface area contributed by atoms with E-state index in [9.17, 15) is 4.79 Å². The van der Waals surface area contributed by atoms with Crippen molar-refractivity contribution in [2.75, 3.05) is 32.0 Å². The van der Waals surface area contributed by atoms with Gasteiger partial charge in [-0.25, -0.2) is 0 Å². The lowest BCUT2D eigenvalue weighted by Gasteiger charge is -2.39. The Hall–Kier alpha value is -2.17. The molecule has 1 atom stereocenters. The maximum absolute atomic E-state index is 11.1. The predicted molar refractivity (Wildman–Crippen MR) is 97.8 cm³/mol. The summed E-state index contributed by atoms with van der Waals surface area (Å²) in [6.45, 7) is 5.66. The second kappa shape index (κ2) is 7.60. The van der Waals surface area contributed by atoms with Gasteiger partial charge in [0.1, 0.15) is 0 Å². The molecule has 1 aliphatic heterocycles. The molecular weight excluding hydrogens is 298 g/mol. The lowest BCUT2D eigenvalue weighted by atomic mass is 10.0. The molecule has 1 N–H and O–H groups in total. The molecule has 24 heavy (non-hydrogen) atoms. The Kier molecular flexibility index (Phi) is 5.28. The quantitative estimate of drug-likeness (QED) is 0.939. The molecule has 1 saturated heterocycles. The number of likely N-dealkylation sites (N-methyl/N-ethyl adjacent to an activating group) is 1. The van der Waals surface area contributed by atoms with Crippen molar-refractivity contribution in [3.05, 3.63) is 65.7 Å². The van der Waals surface area contributed by atoms with Gasteiger partial charge in [0.15, 0.2) is 0 Å². The van der Waals surface area contributed by atoms with E-state index < -0.39 is 0 Å². The summed E-state index contributed by atoms with van der Waals surface area (Å²) >= 11 is 0. The third-order valence-corrected chi connectivity index (χ3v) is 4.60. The molecule has 4 heteroatoms. The van der Waals surface area contributed by atoms with Crippen LogP contribution in [0.4, 0.5) is 5.69 Å². The van der Waals surface area contributed by atoms with Gasteiger partial charge in [0, 0.05) is 44.8 Å². The Balaban J connectivity index is 1.64. The summed E-state index contributed by atoms with van der Waals surface area (Å²) in [4.78, 5) is 16.0. The Bertz CT molecular complexity index is 669. The fraction of sp³-hybridized carbons (Fsp3) is 0.350. The molecule has 0 aliphatic carbocycles. The molecule has 1 fully saturated rings. The van der Waals surface area contributed by atoms with E-state index in [0.717, 1.165) is 31.9 Å². The molecule has 1 aliphatic rings. The fourth-order valence-electron chi connectivity index (χ4n) is 3.26. The molecular formula is C20H25N3O. The van der Waals surface area contributed by atoms with E-state index in [1.165, 1.54) is 18.1 Å². The van der Waals surface area contributed by atoms with Crippen molar-refractivity contribution < 1.29 is 4.79 Å². The molecule has 1 heterocycles. The van der Waals surface area contributed by atoms with Gasteiger partial charge >= 0.3 is 0 Å². The van der Waals surface area contributed by atoms with Crippen LogP contribution in [0.1, 0.15) is 24.1 Å². The first kappa shape index (κ1) is 16.7. The molecule has 2 aromatic rings. The largest absolute Gasteiger partial charge is 0.326 e. The SMILES string of the molecule is CC(=O)Nc1ccc(CN2CCN(C)[C@H](c3ccccc3)C2)cc1. The topological polar surface area (TPSA) is 35.6 Å². The van der Waals surface area contributed by atoms with Gasteiger partial charge in [0.05, 0.1) is 0 Å². The van der Waals surface area contributed by atoms with E-state index in [0.29, 0.717) is 6.04 Å². The summed E-state index contributed by atoms with van der Waals surface area (Å²) in [7, 11) is 2.21. The number of carbonyl (C=O) groups excluding carboxylic acids is 1. The van der Waals surface area contributed by atoms with Crippen molar-refractivity contribution in [1.29, 1.82) is 0 Å². The standard InChI is InChI=1S/C20H25N3O/c1-16(24)21-19-10-8-17(9-11-19)14-23-13-12-22(2)20(15-23)18-6-4-3-5-7-18/h3-11,20H,12-15H2,1-2H3,(H,21,24)/t20-/m0/s1. The number of amides is 1. The zero-order chi connectivity index (χ0) is 16.9. The van der Waals surface area contributed by atoms with Gasteiger partial charge in [0.2, 0.25) is 5.91 Å². The summed E-state index contributed by atoms with van der Waals surface area (Å²) in [5, 5.41) is 2.81. The molecule has 1 amide bonds. The van der Waals surface area contributed by atoms with Crippen LogP contribution in [0.2, 0.25) is 0 Å². The third-order valence-electron chi connectivity index (χ3n) is 4.60. The van der Waals surface area contributed by atoms with Crippen LogP contribution in [0.25, 0.3) is 0 Å². The molecule has 0 bridgehead atoms. The van der Waals surface area contributed by atoms with E-state index in [2.05, 4.69) is 64.6 Å². The summed E-state index contributed by atoms with van der Waals surface area (Å²) < 4.78 is 0. The molecule has 4 nitrogen and oxygen atoms in total. The number of benzene rings is 2. The highest BCUT2D eigenvalue weighted by Crippen LogP contribution is 2.25. The minimum absolute atomic E-state index is 0.0347. The first-order chi connectivity index (χ1) is 11.6. The van der Waals surface area contributed by atoms with Gasteiger partial charge in [0.25, 0.3) is 0 Å². The van der Waals surface area contributed by atoms with Crippen LogP contribution < -0.4 is 5.32 Å². The molecule has 126 valence electrons. The highest BCUT2D eigenvalue weighted by molar-refractivity contribution is 5.88. The maximum Gasteiger partial charge on any atom is 0.221 e. The van der Waals surface area contributed by atoms with E-state index in [1.807, 2.05) is 12.1 Å². The van der Waals surface area contributed by atoms with Crippen molar-refractivity contribution in [3.63, 3.8) is 0 Å². The van der Waals surface area contributed by atoms with E-state index in [-0.39, 0.29) is 5.91 Å². The number of nitrogens with one attached hydrogen (secondary N) is 1. The maximum atomic E-state index is 11.1. The van der Waals surface area contributed by atoms with Gasteiger partial charge in [-0.1, -0.05) is 42.5 Å². The summed E-state index contributed by atoms with van der Waals surface area (Å²) in [5.74, 6) is -0.0347. The van der Waals surface area contributed by atoms with Gasteiger partial charge in [-0.05, 0) is 30.3 Å². The molecule has 0 saturated carbocycles. The molecule has 0 unspecified atom stereocenters. The van der Waals surface area contributed by atoms with Gasteiger partial charge in [-0.2, -0.15) is 0 Å². The minimum atomic E-state index is -0.0347. The molecule has 0 radical (unpaired) electrons. The Morgan fingerprint density at radius 2 is 1.79 bits per heavy atom. The third kappa shape index (κ3) is 4.22. The van der Waals surface area contributed by atoms with Crippen LogP contribution in [0.5, 0.6) is 0 Å². The number of carbonyl (C=O) groups is 1. The lowest BCUT2D eigenvalue weighted by molar-refractivity contribution is -0.114. The minimum Gasteiger partial charge on any atom is -0.326 e. The summed E-state index contributed by atoms with van der Waals surface area (Å²) in [5.41, 5.74) is 3.51. The normalized spacial score (nSPS) is 19.2. The Morgan fingerprint density at radius 1 is 1.08 bits per heavy atom. The van der Waals surface area contributed by atoms with Crippen LogP contribution in [0.15, 0.2) is 54.6 Å². The van der Waals surface area contributed by atoms with Crippen molar-refractivity contribution in [3.8, 4) is 0 Å². The number of hydrogen-bond acceptors (Lipinski definition) is 3. The fourth-order valence-corrected chi connectivity index (χ4v) is 3.26. The molecule has 2 aromatic carbocycles. The van der Waals surface area contributed by atoms with E-state index in [4.69, 9.17) is 0 Å². The van der Waals surface area contributed by atoms with Gasteiger partial charge < -0.3 is 5.32 Å². The Morgan fingerprint density at radius 3 is 2.46 bits per heavy atom. The Labute approximate surface area is 144 Å². The number of rotatable bonds is 4. The predicted octanol–water partition coefficient (Wildman–Crippen LogP) is 3.13. The van der Waals surface area contributed by atoms with Crippen molar-refractivity contribution >= 4 is 11.6 Å². The number of nitrogens with zero attached hydrogens (tertiary/aromatic N) is 2. The van der Waals surface area contributed by atoms with Crippen LogP contribution in [0, 0.1) is 0 Å². The van der Waals surface area contributed by atoms with Crippen molar-refractivity contribution in [2.45, 2.75) is 19.5 Å². The van der Waals surface area contributed by atoms with Crippen LogP contribution >= 0.6 is 0 Å². The summed E-state index contributed by atoms with van der Waals surface area (Å²) in [6.07, 6.45) is 0. The number of hydrogen-bond donors (Lipinski definition) is 1. The van der Waals surface area contributed by atoms with Crippen molar-refractivity contribution in [2.24, 2.45) is 0 Å². The second-order valence-corrected chi connectivity index (χ2v) is 6.52. The highest BCUT2D eigenvalue weighted by Gasteiger charge is 2.25. The summed E-state index contributed by atoms with van der Waals surface area (Å²) in [6, 6.07) is 19.3. The number of anilines is 1. The second-order valence-electron chi connectivity index (χ2n) is 6.52. The van der Waals surface area contributed by atoms with E-state index in [1.54, 1.807) is 0 Å².